The van der Waals surface area contributed by atoms with E-state index in [0.29, 0.717) is 12.5 Å². The number of hydrogen-bond acceptors (Lipinski definition) is 3. The van der Waals surface area contributed by atoms with Crippen molar-refractivity contribution in [2.45, 2.75) is 31.9 Å². The fraction of sp³-hybridized carbons (Fsp3) is 0.318. The maximum atomic E-state index is 5.88. The van der Waals surface area contributed by atoms with Gasteiger partial charge < -0.3 is 4.74 Å². The third-order valence-corrected chi connectivity index (χ3v) is 5.05. The standard InChI is InChI=1S/C22H25N3O/c1-2-5-19(6-3-1)17-26-21-10-8-18(9-11-21)15-25-14-4-7-20(16-25)22-12-13-23-24-22/h1-3,5-6,8-13,20H,4,7,14-17H2,(H,23,24)/t20-/m1/s1. The summed E-state index contributed by atoms with van der Waals surface area (Å²) in [4.78, 5) is 2.54. The minimum absolute atomic E-state index is 0.569. The summed E-state index contributed by atoms with van der Waals surface area (Å²) in [6.45, 7) is 3.85. The number of piperidine rings is 1. The van der Waals surface area contributed by atoms with Gasteiger partial charge in [0.15, 0.2) is 0 Å². The monoisotopic (exact) mass is 347 g/mol. The van der Waals surface area contributed by atoms with Crippen LogP contribution in [0.3, 0.4) is 0 Å². The number of aromatic amines is 1. The number of nitrogens with zero attached hydrogens (tertiary/aromatic N) is 2. The second-order valence-electron chi connectivity index (χ2n) is 7.00. The Kier molecular flexibility index (Phi) is 5.31. The van der Waals surface area contributed by atoms with Crippen LogP contribution in [0.5, 0.6) is 5.75 Å². The average Bonchev–Trinajstić information content (AvgIpc) is 3.23. The Labute approximate surface area is 154 Å². The van der Waals surface area contributed by atoms with Gasteiger partial charge in [-0.2, -0.15) is 5.10 Å². The van der Waals surface area contributed by atoms with Gasteiger partial charge in [0.2, 0.25) is 0 Å². The van der Waals surface area contributed by atoms with Crippen LogP contribution in [0, 0.1) is 0 Å². The Morgan fingerprint density at radius 2 is 1.85 bits per heavy atom. The maximum Gasteiger partial charge on any atom is 0.119 e. The molecule has 1 aromatic heterocycles. The molecule has 1 aliphatic rings. The zero-order valence-corrected chi connectivity index (χ0v) is 15.0. The van der Waals surface area contributed by atoms with E-state index in [1.54, 1.807) is 0 Å². The molecule has 26 heavy (non-hydrogen) atoms. The number of aromatic nitrogens is 2. The molecular formula is C22H25N3O. The van der Waals surface area contributed by atoms with Crippen LogP contribution in [-0.2, 0) is 13.2 Å². The first kappa shape index (κ1) is 16.9. The zero-order chi connectivity index (χ0) is 17.6. The van der Waals surface area contributed by atoms with E-state index in [1.165, 1.54) is 29.7 Å². The highest BCUT2D eigenvalue weighted by molar-refractivity contribution is 5.28. The van der Waals surface area contributed by atoms with Gasteiger partial charge >= 0.3 is 0 Å². The summed E-state index contributed by atoms with van der Waals surface area (Å²) in [5.41, 5.74) is 3.79. The van der Waals surface area contributed by atoms with Gasteiger partial charge in [-0.25, -0.2) is 0 Å². The molecule has 0 bridgehead atoms. The Bertz CT molecular complexity index is 784. The quantitative estimate of drug-likeness (QED) is 0.720. The van der Waals surface area contributed by atoms with E-state index in [0.717, 1.165) is 25.4 Å². The molecule has 3 aromatic rings. The van der Waals surface area contributed by atoms with Crippen LogP contribution < -0.4 is 4.74 Å². The number of rotatable bonds is 6. The van der Waals surface area contributed by atoms with Crippen LogP contribution >= 0.6 is 0 Å². The topological polar surface area (TPSA) is 41.1 Å². The lowest BCUT2D eigenvalue weighted by atomic mass is 9.94. The van der Waals surface area contributed by atoms with Gasteiger partial charge in [-0.3, -0.25) is 10.00 Å². The first-order chi connectivity index (χ1) is 12.9. The van der Waals surface area contributed by atoms with Crippen molar-refractivity contribution in [2.75, 3.05) is 13.1 Å². The summed E-state index contributed by atoms with van der Waals surface area (Å²) in [5.74, 6) is 1.49. The van der Waals surface area contributed by atoms with Crippen molar-refractivity contribution in [3.8, 4) is 5.75 Å². The Morgan fingerprint density at radius 3 is 2.62 bits per heavy atom. The Morgan fingerprint density at radius 1 is 1.00 bits per heavy atom. The molecule has 1 aliphatic heterocycles. The normalized spacial score (nSPS) is 17.9. The number of benzene rings is 2. The summed E-state index contributed by atoms with van der Waals surface area (Å²) in [6, 6.07) is 20.9. The van der Waals surface area contributed by atoms with Crippen molar-refractivity contribution in [1.82, 2.24) is 15.1 Å². The number of likely N-dealkylation sites (tertiary alicyclic amines) is 1. The van der Waals surface area contributed by atoms with Crippen molar-refractivity contribution in [3.05, 3.63) is 83.7 Å². The van der Waals surface area contributed by atoms with Crippen LogP contribution in [0.15, 0.2) is 66.9 Å². The van der Waals surface area contributed by atoms with Crippen LogP contribution in [0.1, 0.15) is 35.6 Å². The SMILES string of the molecule is c1ccc(COc2ccc(CN3CCC[C@@H](c4ccn[nH]4)C3)cc2)cc1. The largest absolute Gasteiger partial charge is 0.489 e. The van der Waals surface area contributed by atoms with Crippen molar-refractivity contribution in [1.29, 1.82) is 0 Å². The number of ether oxygens (including phenoxy) is 1. The molecule has 2 heterocycles. The fourth-order valence-corrected chi connectivity index (χ4v) is 3.64. The molecule has 0 amide bonds. The van der Waals surface area contributed by atoms with Crippen LogP contribution in [0.25, 0.3) is 0 Å². The number of nitrogens with one attached hydrogen (secondary N) is 1. The molecule has 4 rings (SSSR count). The van der Waals surface area contributed by atoms with Gasteiger partial charge in [0.25, 0.3) is 0 Å². The van der Waals surface area contributed by atoms with E-state index in [4.69, 9.17) is 4.74 Å². The van der Waals surface area contributed by atoms with Gasteiger partial charge in [-0.1, -0.05) is 42.5 Å². The third-order valence-electron chi connectivity index (χ3n) is 5.05. The molecule has 4 nitrogen and oxygen atoms in total. The summed E-state index contributed by atoms with van der Waals surface area (Å²) in [5, 5.41) is 7.23. The van der Waals surface area contributed by atoms with E-state index in [-0.39, 0.29) is 0 Å². The van der Waals surface area contributed by atoms with Gasteiger partial charge in [0, 0.05) is 30.9 Å². The Balaban J connectivity index is 1.31. The third kappa shape index (κ3) is 4.33. The second kappa shape index (κ2) is 8.19. The highest BCUT2D eigenvalue weighted by Crippen LogP contribution is 2.26. The Hall–Kier alpha value is -2.59. The first-order valence-electron chi connectivity index (χ1n) is 9.34. The predicted molar refractivity (Wildman–Crippen MR) is 103 cm³/mol. The highest BCUT2D eigenvalue weighted by Gasteiger charge is 2.22. The van der Waals surface area contributed by atoms with Crippen molar-refractivity contribution in [3.63, 3.8) is 0 Å². The van der Waals surface area contributed by atoms with Gasteiger partial charge in [-0.15, -0.1) is 0 Å². The minimum atomic E-state index is 0.569. The molecule has 0 aliphatic carbocycles. The molecule has 1 N–H and O–H groups in total. The van der Waals surface area contributed by atoms with Gasteiger partial charge in [0.1, 0.15) is 12.4 Å². The maximum absolute atomic E-state index is 5.88. The van der Waals surface area contributed by atoms with E-state index in [2.05, 4.69) is 57.6 Å². The second-order valence-corrected chi connectivity index (χ2v) is 7.00. The molecule has 1 fully saturated rings. The molecule has 0 saturated carbocycles. The fourth-order valence-electron chi connectivity index (χ4n) is 3.64. The van der Waals surface area contributed by atoms with E-state index >= 15 is 0 Å². The lowest BCUT2D eigenvalue weighted by molar-refractivity contribution is 0.198. The highest BCUT2D eigenvalue weighted by atomic mass is 16.5. The summed E-state index contributed by atoms with van der Waals surface area (Å²) >= 11 is 0. The van der Waals surface area contributed by atoms with Gasteiger partial charge in [0.05, 0.1) is 0 Å². The lowest BCUT2D eigenvalue weighted by Gasteiger charge is -2.32. The molecule has 2 aromatic carbocycles. The van der Waals surface area contributed by atoms with Gasteiger partial charge in [-0.05, 0) is 48.7 Å². The van der Waals surface area contributed by atoms with Crippen LogP contribution in [-0.4, -0.2) is 28.2 Å². The molecule has 0 unspecified atom stereocenters. The number of hydrogen-bond donors (Lipinski definition) is 1. The van der Waals surface area contributed by atoms with Crippen molar-refractivity contribution < 1.29 is 4.74 Å². The van der Waals surface area contributed by atoms with E-state index in [9.17, 15) is 0 Å². The molecular weight excluding hydrogens is 322 g/mol. The van der Waals surface area contributed by atoms with Crippen molar-refractivity contribution in [2.24, 2.45) is 0 Å². The molecule has 1 saturated heterocycles. The summed E-state index contributed by atoms with van der Waals surface area (Å²) in [7, 11) is 0. The molecule has 134 valence electrons. The van der Waals surface area contributed by atoms with E-state index in [1.807, 2.05) is 24.4 Å². The van der Waals surface area contributed by atoms with Crippen LogP contribution in [0.4, 0.5) is 0 Å². The zero-order valence-electron chi connectivity index (χ0n) is 15.0. The molecule has 0 radical (unpaired) electrons. The molecule has 4 heteroatoms. The average molecular weight is 347 g/mol. The lowest BCUT2D eigenvalue weighted by Crippen LogP contribution is -2.34. The first-order valence-corrected chi connectivity index (χ1v) is 9.34. The smallest absolute Gasteiger partial charge is 0.119 e. The van der Waals surface area contributed by atoms with Crippen LogP contribution in [0.2, 0.25) is 0 Å². The minimum Gasteiger partial charge on any atom is -0.489 e. The summed E-state index contributed by atoms with van der Waals surface area (Å²) < 4.78 is 5.88. The summed E-state index contributed by atoms with van der Waals surface area (Å²) in [6.07, 6.45) is 4.33. The predicted octanol–water partition coefficient (Wildman–Crippen LogP) is 4.37. The van der Waals surface area contributed by atoms with Crippen molar-refractivity contribution >= 4 is 0 Å². The molecule has 0 spiro atoms. The molecule has 1 atom stereocenters. The number of H-pyrrole nitrogens is 1. The van der Waals surface area contributed by atoms with E-state index < -0.39 is 0 Å².